The second kappa shape index (κ2) is 10.3. The van der Waals surface area contributed by atoms with Crippen LogP contribution in [0.3, 0.4) is 0 Å². The quantitative estimate of drug-likeness (QED) is 0.351. The Morgan fingerprint density at radius 2 is 1.80 bits per heavy atom. The molecule has 4 nitrogen and oxygen atoms in total. The molecule has 7 heteroatoms. The van der Waals surface area contributed by atoms with Crippen LogP contribution in [0.25, 0.3) is 16.7 Å². The van der Waals surface area contributed by atoms with Crippen molar-refractivity contribution in [3.8, 4) is 11.1 Å². The number of rotatable bonds is 9. The predicted molar refractivity (Wildman–Crippen MR) is 138 cm³/mol. The summed E-state index contributed by atoms with van der Waals surface area (Å²) >= 11 is 0. The molecule has 0 bridgehead atoms. The van der Waals surface area contributed by atoms with Crippen LogP contribution in [0, 0.1) is 5.82 Å². The lowest BCUT2D eigenvalue weighted by atomic mass is 9.99. The molecule has 0 fully saturated rings. The van der Waals surface area contributed by atoms with E-state index in [-0.39, 0.29) is 11.4 Å². The Hall–Kier alpha value is -3.61. The molecule has 0 saturated heterocycles. The van der Waals surface area contributed by atoms with Crippen LogP contribution in [0.5, 0.6) is 0 Å². The average molecular weight is 481 g/mol. The van der Waals surface area contributed by atoms with Crippen molar-refractivity contribution < 1.29 is 13.2 Å². The number of nitrogens with one attached hydrogen (secondary N) is 1. The van der Waals surface area contributed by atoms with Gasteiger partial charge >= 0.3 is 0 Å². The lowest BCUT2D eigenvalue weighted by Gasteiger charge is -2.18. The lowest BCUT2D eigenvalue weighted by Crippen LogP contribution is -2.13. The van der Waals surface area contributed by atoms with Gasteiger partial charge in [-0.3, -0.25) is 4.98 Å². The summed E-state index contributed by atoms with van der Waals surface area (Å²) in [4.78, 5) is 10.5. The van der Waals surface area contributed by atoms with E-state index in [0.717, 1.165) is 23.9 Å². The minimum atomic E-state index is -3.00. The molecule has 0 radical (unpaired) electrons. The fourth-order valence-corrected chi connectivity index (χ4v) is 3.90. The number of halogens is 3. The Morgan fingerprint density at radius 1 is 1.09 bits per heavy atom. The van der Waals surface area contributed by atoms with E-state index in [0.29, 0.717) is 46.6 Å². The van der Waals surface area contributed by atoms with E-state index in [1.807, 2.05) is 38.1 Å². The summed E-state index contributed by atoms with van der Waals surface area (Å²) in [5, 5.41) is 3.02. The first-order valence-corrected chi connectivity index (χ1v) is 11.3. The minimum absolute atomic E-state index is 0.115. The van der Waals surface area contributed by atoms with Crippen molar-refractivity contribution in [3.63, 3.8) is 0 Å². The standard InChI is InChI=1S/C28H31F3N4/c1-8-26-24(28(5,30)31)14-21(16-32-26)34-18(4)11-19-9-10-22(25(29)12-19)20-13-23(17(2)3)27(33-15-20)35(6)7/h9-10,12-16,34H,2,4,8,11H2,1,3,5-7H3. The molecule has 2 heterocycles. The molecule has 1 N–H and O–H groups in total. The van der Waals surface area contributed by atoms with Crippen molar-refractivity contribution >= 4 is 17.1 Å². The van der Waals surface area contributed by atoms with Gasteiger partial charge in [0, 0.05) is 67.3 Å². The molecule has 3 aromatic rings. The van der Waals surface area contributed by atoms with Gasteiger partial charge in [0.25, 0.3) is 5.92 Å². The summed E-state index contributed by atoms with van der Waals surface area (Å²) in [6.07, 6.45) is 3.88. The number of allylic oxidation sites excluding steroid dienone is 2. The summed E-state index contributed by atoms with van der Waals surface area (Å²) in [5.41, 5.74) is 4.68. The highest BCUT2D eigenvalue weighted by atomic mass is 19.3. The smallest absolute Gasteiger partial charge is 0.272 e. The summed E-state index contributed by atoms with van der Waals surface area (Å²) in [7, 11) is 3.79. The molecule has 0 aliphatic rings. The van der Waals surface area contributed by atoms with Gasteiger partial charge in [-0.25, -0.2) is 18.2 Å². The maximum Gasteiger partial charge on any atom is 0.272 e. The van der Waals surface area contributed by atoms with Crippen LogP contribution in [0.15, 0.2) is 61.6 Å². The van der Waals surface area contributed by atoms with Crippen LogP contribution in [-0.4, -0.2) is 24.1 Å². The van der Waals surface area contributed by atoms with Gasteiger partial charge in [-0.05, 0) is 42.7 Å². The zero-order valence-corrected chi connectivity index (χ0v) is 20.8. The van der Waals surface area contributed by atoms with Gasteiger partial charge in [-0.1, -0.05) is 32.2 Å². The first-order valence-electron chi connectivity index (χ1n) is 11.3. The first-order chi connectivity index (χ1) is 16.4. The summed E-state index contributed by atoms with van der Waals surface area (Å²) in [5.74, 6) is -2.62. The number of aromatic nitrogens is 2. The molecular formula is C28H31F3N4. The first kappa shape index (κ1) is 26.0. The van der Waals surface area contributed by atoms with Gasteiger partial charge in [0.2, 0.25) is 0 Å². The van der Waals surface area contributed by atoms with Crippen LogP contribution in [0.2, 0.25) is 0 Å². The molecule has 2 aromatic heterocycles. The highest BCUT2D eigenvalue weighted by Crippen LogP contribution is 2.32. The Kier molecular flexibility index (Phi) is 7.68. The molecule has 0 amide bonds. The fraction of sp³-hybridized carbons (Fsp3) is 0.286. The zero-order valence-electron chi connectivity index (χ0n) is 20.8. The number of hydrogen-bond donors (Lipinski definition) is 1. The summed E-state index contributed by atoms with van der Waals surface area (Å²) in [6.45, 7) is 12.5. The maximum absolute atomic E-state index is 15.1. The Morgan fingerprint density at radius 3 is 2.37 bits per heavy atom. The molecular weight excluding hydrogens is 449 g/mol. The van der Waals surface area contributed by atoms with E-state index in [4.69, 9.17) is 0 Å². The summed E-state index contributed by atoms with van der Waals surface area (Å²) in [6, 6.07) is 8.25. The number of hydrogen-bond acceptors (Lipinski definition) is 4. The molecule has 0 aliphatic carbocycles. The number of anilines is 2. The van der Waals surface area contributed by atoms with E-state index in [9.17, 15) is 8.78 Å². The second-order valence-corrected chi connectivity index (χ2v) is 8.95. The van der Waals surface area contributed by atoms with Crippen molar-refractivity contribution in [1.82, 2.24) is 9.97 Å². The van der Waals surface area contributed by atoms with Gasteiger partial charge < -0.3 is 10.2 Å². The third kappa shape index (κ3) is 6.10. The average Bonchev–Trinajstić information content (AvgIpc) is 2.78. The van der Waals surface area contributed by atoms with Crippen molar-refractivity contribution in [3.05, 3.63) is 89.8 Å². The van der Waals surface area contributed by atoms with E-state index >= 15 is 4.39 Å². The highest BCUT2D eigenvalue weighted by Gasteiger charge is 2.28. The number of pyridine rings is 2. The molecule has 0 aliphatic heterocycles. The normalized spacial score (nSPS) is 11.3. The lowest BCUT2D eigenvalue weighted by molar-refractivity contribution is 0.0162. The number of aryl methyl sites for hydroxylation is 1. The number of nitrogens with zero attached hydrogens (tertiary/aromatic N) is 3. The summed E-state index contributed by atoms with van der Waals surface area (Å²) < 4.78 is 43.0. The topological polar surface area (TPSA) is 41.1 Å². The Bertz CT molecular complexity index is 1260. The van der Waals surface area contributed by atoms with E-state index < -0.39 is 5.92 Å². The van der Waals surface area contributed by atoms with Crippen molar-refractivity contribution in [2.75, 3.05) is 24.3 Å². The minimum Gasteiger partial charge on any atom is -0.362 e. The van der Waals surface area contributed by atoms with Crippen molar-refractivity contribution in [1.29, 1.82) is 0 Å². The van der Waals surface area contributed by atoms with E-state index in [1.54, 1.807) is 19.2 Å². The van der Waals surface area contributed by atoms with Gasteiger partial charge in [0.1, 0.15) is 11.6 Å². The van der Waals surface area contributed by atoms with E-state index in [1.165, 1.54) is 18.3 Å². The van der Waals surface area contributed by atoms with Crippen LogP contribution in [0.1, 0.15) is 43.2 Å². The van der Waals surface area contributed by atoms with Crippen LogP contribution in [0.4, 0.5) is 24.7 Å². The highest BCUT2D eigenvalue weighted by molar-refractivity contribution is 5.77. The van der Waals surface area contributed by atoms with Crippen LogP contribution in [-0.2, 0) is 18.8 Å². The van der Waals surface area contributed by atoms with Gasteiger partial charge in [-0.15, -0.1) is 0 Å². The molecule has 0 atom stereocenters. The SMILES string of the molecule is C=C(Cc1ccc(-c2cnc(N(C)C)c(C(=C)C)c2)c(F)c1)Nc1cnc(CC)c(C(C)(F)F)c1. The van der Waals surface area contributed by atoms with Gasteiger partial charge in [0.15, 0.2) is 0 Å². The molecule has 3 rings (SSSR count). The van der Waals surface area contributed by atoms with Gasteiger partial charge in [-0.2, -0.15) is 0 Å². The largest absolute Gasteiger partial charge is 0.362 e. The molecule has 35 heavy (non-hydrogen) atoms. The Labute approximate surface area is 205 Å². The molecule has 0 spiro atoms. The van der Waals surface area contributed by atoms with Gasteiger partial charge in [0.05, 0.1) is 11.9 Å². The monoisotopic (exact) mass is 480 g/mol. The second-order valence-electron chi connectivity index (χ2n) is 8.95. The zero-order chi connectivity index (χ0) is 25.9. The third-order valence-corrected chi connectivity index (χ3v) is 5.61. The fourth-order valence-electron chi connectivity index (χ4n) is 3.90. The van der Waals surface area contributed by atoms with Crippen LogP contribution >= 0.6 is 0 Å². The molecule has 1 aromatic carbocycles. The number of benzene rings is 1. The molecule has 184 valence electrons. The molecule has 0 saturated carbocycles. The third-order valence-electron chi connectivity index (χ3n) is 5.61. The number of alkyl halides is 2. The predicted octanol–water partition coefficient (Wildman–Crippen LogP) is 7.22. The molecule has 0 unspecified atom stereocenters. The van der Waals surface area contributed by atoms with Crippen molar-refractivity contribution in [2.45, 2.75) is 39.5 Å². The van der Waals surface area contributed by atoms with E-state index in [2.05, 4.69) is 28.4 Å². The van der Waals surface area contributed by atoms with Crippen molar-refractivity contribution in [2.24, 2.45) is 0 Å². The maximum atomic E-state index is 15.1. The Balaban J connectivity index is 1.79. The van der Waals surface area contributed by atoms with Crippen LogP contribution < -0.4 is 10.2 Å².